The summed E-state index contributed by atoms with van der Waals surface area (Å²) in [5.41, 5.74) is 5.47. The average Bonchev–Trinajstić information content (AvgIpc) is 1.98. The van der Waals surface area contributed by atoms with Crippen LogP contribution in [0.4, 0.5) is 0 Å². The van der Waals surface area contributed by atoms with Crippen LogP contribution < -0.4 is 5.73 Å². The topological polar surface area (TPSA) is 53.1 Å². The zero-order valence-corrected chi connectivity index (χ0v) is 8.59. The van der Waals surface area contributed by atoms with E-state index in [0.29, 0.717) is 12.0 Å². The SMILES string of the molecule is CCC(C)N(CC(C)C)C(=N)N. The van der Waals surface area contributed by atoms with E-state index < -0.39 is 0 Å². The predicted molar refractivity (Wildman–Crippen MR) is 53.2 cm³/mol. The van der Waals surface area contributed by atoms with Crippen molar-refractivity contribution in [2.45, 2.75) is 40.2 Å². The van der Waals surface area contributed by atoms with Crippen molar-refractivity contribution in [2.75, 3.05) is 6.54 Å². The maximum absolute atomic E-state index is 7.38. The van der Waals surface area contributed by atoms with Gasteiger partial charge in [-0.25, -0.2) is 0 Å². The van der Waals surface area contributed by atoms with Gasteiger partial charge in [-0.05, 0) is 19.3 Å². The van der Waals surface area contributed by atoms with Crippen LogP contribution in [0, 0.1) is 11.3 Å². The summed E-state index contributed by atoms with van der Waals surface area (Å²) in [6, 6.07) is 0.380. The Bertz CT molecular complexity index is 143. The molecule has 3 N–H and O–H groups in total. The molecule has 0 spiro atoms. The van der Waals surface area contributed by atoms with Gasteiger partial charge in [0.05, 0.1) is 0 Å². The molecule has 0 radical (unpaired) electrons. The van der Waals surface area contributed by atoms with Crippen molar-refractivity contribution in [1.82, 2.24) is 4.90 Å². The molecule has 0 aliphatic rings. The van der Waals surface area contributed by atoms with Crippen molar-refractivity contribution < 1.29 is 0 Å². The van der Waals surface area contributed by atoms with Gasteiger partial charge in [0.15, 0.2) is 5.96 Å². The highest BCUT2D eigenvalue weighted by Gasteiger charge is 2.13. The number of hydrogen-bond donors (Lipinski definition) is 2. The molecule has 0 aliphatic carbocycles. The molecule has 0 fully saturated rings. The lowest BCUT2D eigenvalue weighted by molar-refractivity contribution is 0.285. The zero-order chi connectivity index (χ0) is 9.72. The van der Waals surface area contributed by atoms with Gasteiger partial charge in [0.25, 0.3) is 0 Å². The van der Waals surface area contributed by atoms with Crippen LogP contribution in [0.25, 0.3) is 0 Å². The molecule has 0 aliphatic heterocycles. The molecule has 0 aromatic heterocycles. The minimum absolute atomic E-state index is 0.193. The third kappa shape index (κ3) is 3.60. The van der Waals surface area contributed by atoms with Crippen molar-refractivity contribution in [3.63, 3.8) is 0 Å². The van der Waals surface area contributed by atoms with E-state index in [1.54, 1.807) is 0 Å². The number of nitrogens with two attached hydrogens (primary N) is 1. The number of guanidine groups is 1. The van der Waals surface area contributed by atoms with Crippen molar-refractivity contribution in [1.29, 1.82) is 5.41 Å². The van der Waals surface area contributed by atoms with Crippen molar-refractivity contribution in [3.8, 4) is 0 Å². The first kappa shape index (κ1) is 11.3. The number of nitrogens with zero attached hydrogens (tertiary/aromatic N) is 1. The van der Waals surface area contributed by atoms with E-state index in [-0.39, 0.29) is 5.96 Å². The van der Waals surface area contributed by atoms with E-state index in [2.05, 4.69) is 27.7 Å². The minimum atomic E-state index is 0.193. The third-order valence-electron chi connectivity index (χ3n) is 1.99. The molecule has 0 rings (SSSR count). The Morgan fingerprint density at radius 3 is 2.17 bits per heavy atom. The minimum Gasteiger partial charge on any atom is -0.370 e. The van der Waals surface area contributed by atoms with Gasteiger partial charge in [0.1, 0.15) is 0 Å². The first-order chi connectivity index (χ1) is 5.49. The molecule has 0 amide bonds. The van der Waals surface area contributed by atoms with Crippen LogP contribution in [-0.4, -0.2) is 23.4 Å². The maximum atomic E-state index is 7.38. The fourth-order valence-electron chi connectivity index (χ4n) is 1.13. The Hall–Kier alpha value is -0.730. The second kappa shape index (κ2) is 5.01. The van der Waals surface area contributed by atoms with Gasteiger partial charge in [0.2, 0.25) is 0 Å². The molecule has 3 nitrogen and oxygen atoms in total. The van der Waals surface area contributed by atoms with E-state index in [1.807, 2.05) is 4.90 Å². The Balaban J connectivity index is 4.13. The van der Waals surface area contributed by atoms with Gasteiger partial charge in [-0.15, -0.1) is 0 Å². The summed E-state index contributed by atoms with van der Waals surface area (Å²) in [6.45, 7) is 9.37. The van der Waals surface area contributed by atoms with Gasteiger partial charge >= 0.3 is 0 Å². The number of rotatable bonds is 4. The normalized spacial score (nSPS) is 13.1. The number of hydrogen-bond acceptors (Lipinski definition) is 1. The van der Waals surface area contributed by atoms with E-state index in [4.69, 9.17) is 11.1 Å². The molecule has 0 aromatic carbocycles. The van der Waals surface area contributed by atoms with Gasteiger partial charge in [-0.1, -0.05) is 20.8 Å². The molecule has 12 heavy (non-hydrogen) atoms. The van der Waals surface area contributed by atoms with Gasteiger partial charge in [-0.2, -0.15) is 0 Å². The molecular formula is C9H21N3. The van der Waals surface area contributed by atoms with Crippen LogP contribution in [0.15, 0.2) is 0 Å². The Morgan fingerprint density at radius 1 is 1.42 bits per heavy atom. The largest absolute Gasteiger partial charge is 0.370 e. The molecule has 0 saturated carbocycles. The van der Waals surface area contributed by atoms with Crippen LogP contribution in [0.1, 0.15) is 34.1 Å². The Labute approximate surface area is 75.4 Å². The van der Waals surface area contributed by atoms with E-state index >= 15 is 0 Å². The molecule has 0 bridgehead atoms. The first-order valence-corrected chi connectivity index (χ1v) is 4.59. The van der Waals surface area contributed by atoms with E-state index in [1.165, 1.54) is 0 Å². The van der Waals surface area contributed by atoms with Crippen molar-refractivity contribution in [2.24, 2.45) is 11.7 Å². The fraction of sp³-hybridized carbons (Fsp3) is 0.889. The monoisotopic (exact) mass is 171 g/mol. The van der Waals surface area contributed by atoms with E-state index in [0.717, 1.165) is 13.0 Å². The lowest BCUT2D eigenvalue weighted by atomic mass is 10.1. The standard InChI is InChI=1S/C9H21N3/c1-5-8(4)12(9(10)11)6-7(2)3/h7-8H,5-6H2,1-4H3,(H3,10,11). The average molecular weight is 171 g/mol. The highest BCUT2D eigenvalue weighted by Crippen LogP contribution is 2.06. The second-order valence-electron chi connectivity index (χ2n) is 3.69. The van der Waals surface area contributed by atoms with Crippen LogP contribution in [0.3, 0.4) is 0 Å². The van der Waals surface area contributed by atoms with Crippen LogP contribution in [0.5, 0.6) is 0 Å². The molecule has 0 aromatic rings. The summed E-state index contributed by atoms with van der Waals surface area (Å²) in [5, 5.41) is 7.38. The first-order valence-electron chi connectivity index (χ1n) is 4.59. The van der Waals surface area contributed by atoms with Crippen LogP contribution in [-0.2, 0) is 0 Å². The fourth-order valence-corrected chi connectivity index (χ4v) is 1.13. The predicted octanol–water partition coefficient (Wildman–Crippen LogP) is 1.64. The van der Waals surface area contributed by atoms with Gasteiger partial charge in [0, 0.05) is 12.6 Å². The lowest BCUT2D eigenvalue weighted by Crippen LogP contribution is -2.44. The lowest BCUT2D eigenvalue weighted by Gasteiger charge is -2.30. The van der Waals surface area contributed by atoms with Crippen LogP contribution >= 0.6 is 0 Å². The summed E-state index contributed by atoms with van der Waals surface area (Å²) in [4.78, 5) is 1.95. The van der Waals surface area contributed by atoms with E-state index in [9.17, 15) is 0 Å². The molecule has 72 valence electrons. The molecular weight excluding hydrogens is 150 g/mol. The zero-order valence-electron chi connectivity index (χ0n) is 8.59. The smallest absolute Gasteiger partial charge is 0.188 e. The molecule has 1 unspecified atom stereocenters. The van der Waals surface area contributed by atoms with Gasteiger partial charge in [-0.3, -0.25) is 5.41 Å². The Morgan fingerprint density at radius 2 is 1.92 bits per heavy atom. The highest BCUT2D eigenvalue weighted by molar-refractivity contribution is 5.74. The molecule has 0 saturated heterocycles. The summed E-state index contributed by atoms with van der Waals surface area (Å²) in [6.07, 6.45) is 1.03. The molecule has 1 atom stereocenters. The highest BCUT2D eigenvalue weighted by atomic mass is 15.2. The summed E-state index contributed by atoms with van der Waals surface area (Å²) in [7, 11) is 0. The Kier molecular flexibility index (Phi) is 4.71. The van der Waals surface area contributed by atoms with Crippen molar-refractivity contribution >= 4 is 5.96 Å². The third-order valence-corrected chi connectivity index (χ3v) is 1.99. The summed E-state index contributed by atoms with van der Waals surface area (Å²) >= 11 is 0. The summed E-state index contributed by atoms with van der Waals surface area (Å²) in [5.74, 6) is 0.751. The number of nitrogens with one attached hydrogen (secondary N) is 1. The molecule has 0 heterocycles. The summed E-state index contributed by atoms with van der Waals surface area (Å²) < 4.78 is 0. The van der Waals surface area contributed by atoms with Gasteiger partial charge < -0.3 is 10.6 Å². The second-order valence-corrected chi connectivity index (χ2v) is 3.69. The van der Waals surface area contributed by atoms with Crippen LogP contribution in [0.2, 0.25) is 0 Å². The molecule has 3 heteroatoms. The quantitative estimate of drug-likeness (QED) is 0.499. The maximum Gasteiger partial charge on any atom is 0.188 e. The van der Waals surface area contributed by atoms with Crippen molar-refractivity contribution in [3.05, 3.63) is 0 Å².